The van der Waals surface area contributed by atoms with Gasteiger partial charge in [-0.15, -0.1) is 0 Å². The molecule has 7 nitrogen and oxygen atoms in total. The molecule has 2 amide bonds. The number of anilines is 1. The van der Waals surface area contributed by atoms with E-state index in [4.69, 9.17) is 9.47 Å². The van der Waals surface area contributed by atoms with Crippen molar-refractivity contribution >= 4 is 17.5 Å². The summed E-state index contributed by atoms with van der Waals surface area (Å²) >= 11 is 0. The lowest BCUT2D eigenvalue weighted by Gasteiger charge is -2.33. The van der Waals surface area contributed by atoms with Gasteiger partial charge in [-0.1, -0.05) is 0 Å². The Hall–Kier alpha value is -2.28. The number of piperidine rings is 1. The fraction of sp³-hybridized carbons (Fsp3) is 0.579. The average Bonchev–Trinajstić information content (AvgIpc) is 3.08. The summed E-state index contributed by atoms with van der Waals surface area (Å²) in [5.74, 6) is 1.01. The van der Waals surface area contributed by atoms with Gasteiger partial charge in [-0.05, 0) is 19.9 Å². The summed E-state index contributed by atoms with van der Waals surface area (Å²) in [6.45, 7) is 1.91. The third-order valence-corrected chi connectivity index (χ3v) is 5.34. The first-order chi connectivity index (χ1) is 12.5. The van der Waals surface area contributed by atoms with Crippen LogP contribution >= 0.6 is 0 Å². The van der Waals surface area contributed by atoms with Crippen LogP contribution in [0.25, 0.3) is 0 Å². The van der Waals surface area contributed by atoms with Crippen molar-refractivity contribution in [1.29, 1.82) is 0 Å². The lowest BCUT2D eigenvalue weighted by molar-refractivity contribution is -0.136. The number of carbonyl (C=O) groups excluding carboxylic acids is 2. The fourth-order valence-electron chi connectivity index (χ4n) is 3.72. The Morgan fingerprint density at radius 2 is 1.73 bits per heavy atom. The Balaban J connectivity index is 1.70. The predicted octanol–water partition coefficient (Wildman–Crippen LogP) is 1.27. The number of nitrogens with one attached hydrogen (secondary N) is 1. The van der Waals surface area contributed by atoms with Crippen molar-refractivity contribution in [3.63, 3.8) is 0 Å². The molecule has 0 aliphatic carbocycles. The Kier molecular flexibility index (Phi) is 5.66. The molecular formula is C19H27N3O4. The van der Waals surface area contributed by atoms with Crippen LogP contribution in [-0.2, 0) is 9.59 Å². The topological polar surface area (TPSA) is 71.1 Å². The summed E-state index contributed by atoms with van der Waals surface area (Å²) in [5, 5.41) is 3.27. The zero-order valence-corrected chi connectivity index (χ0v) is 15.7. The minimum absolute atomic E-state index is 0.0382. The maximum atomic E-state index is 12.8. The van der Waals surface area contributed by atoms with Crippen LogP contribution in [-0.4, -0.2) is 63.7 Å². The highest BCUT2D eigenvalue weighted by molar-refractivity contribution is 6.00. The van der Waals surface area contributed by atoms with Gasteiger partial charge >= 0.3 is 0 Å². The van der Waals surface area contributed by atoms with Crippen molar-refractivity contribution < 1.29 is 19.1 Å². The molecule has 2 aliphatic heterocycles. The van der Waals surface area contributed by atoms with Crippen molar-refractivity contribution in [2.45, 2.75) is 25.3 Å². The van der Waals surface area contributed by atoms with E-state index in [1.165, 1.54) is 0 Å². The van der Waals surface area contributed by atoms with E-state index in [0.717, 1.165) is 25.9 Å². The molecule has 1 atom stereocenters. The zero-order valence-electron chi connectivity index (χ0n) is 15.7. The third kappa shape index (κ3) is 3.77. The lowest BCUT2D eigenvalue weighted by atomic mass is 10.0. The third-order valence-electron chi connectivity index (χ3n) is 5.34. The molecular weight excluding hydrogens is 334 g/mol. The van der Waals surface area contributed by atoms with Gasteiger partial charge in [0.15, 0.2) is 0 Å². The van der Waals surface area contributed by atoms with Gasteiger partial charge < -0.3 is 24.6 Å². The van der Waals surface area contributed by atoms with Gasteiger partial charge in [-0.25, -0.2) is 0 Å². The molecule has 0 saturated carbocycles. The molecule has 0 radical (unpaired) electrons. The first-order valence-corrected chi connectivity index (χ1v) is 9.05. The predicted molar refractivity (Wildman–Crippen MR) is 98.7 cm³/mol. The van der Waals surface area contributed by atoms with Crippen LogP contribution in [0.5, 0.6) is 11.5 Å². The van der Waals surface area contributed by atoms with Crippen LogP contribution in [0.3, 0.4) is 0 Å². The van der Waals surface area contributed by atoms with E-state index in [-0.39, 0.29) is 24.2 Å². The molecule has 0 bridgehead atoms. The van der Waals surface area contributed by atoms with E-state index in [9.17, 15) is 9.59 Å². The number of ether oxygens (including phenoxy) is 2. The zero-order chi connectivity index (χ0) is 18.7. The largest absolute Gasteiger partial charge is 0.497 e. The Morgan fingerprint density at radius 1 is 1.12 bits per heavy atom. The van der Waals surface area contributed by atoms with Gasteiger partial charge in [0.2, 0.25) is 11.8 Å². The first kappa shape index (κ1) is 18.5. The fourth-order valence-corrected chi connectivity index (χ4v) is 3.72. The maximum Gasteiger partial charge on any atom is 0.228 e. The quantitative estimate of drug-likeness (QED) is 0.855. The highest BCUT2D eigenvalue weighted by Crippen LogP contribution is 2.33. The highest BCUT2D eigenvalue weighted by Gasteiger charge is 2.38. The van der Waals surface area contributed by atoms with Gasteiger partial charge in [-0.2, -0.15) is 0 Å². The van der Waals surface area contributed by atoms with E-state index < -0.39 is 0 Å². The molecule has 3 rings (SSSR count). The Labute approximate surface area is 154 Å². The summed E-state index contributed by atoms with van der Waals surface area (Å²) in [6.07, 6.45) is 2.17. The van der Waals surface area contributed by atoms with Crippen LogP contribution in [0.4, 0.5) is 5.69 Å². The first-order valence-electron chi connectivity index (χ1n) is 9.05. The lowest BCUT2D eigenvalue weighted by Crippen LogP contribution is -2.46. The van der Waals surface area contributed by atoms with Gasteiger partial charge in [0, 0.05) is 50.3 Å². The van der Waals surface area contributed by atoms with Crippen LogP contribution in [0.15, 0.2) is 18.2 Å². The molecule has 0 aromatic heterocycles. The highest BCUT2D eigenvalue weighted by atomic mass is 16.5. The number of methoxy groups -OCH3 is 2. The second kappa shape index (κ2) is 7.95. The number of amides is 2. The second-order valence-corrected chi connectivity index (χ2v) is 6.86. The smallest absolute Gasteiger partial charge is 0.228 e. The summed E-state index contributed by atoms with van der Waals surface area (Å²) < 4.78 is 10.6. The van der Waals surface area contributed by atoms with E-state index >= 15 is 0 Å². The molecule has 1 aromatic rings. The minimum atomic E-state index is -0.286. The Morgan fingerprint density at radius 3 is 2.27 bits per heavy atom. The number of benzene rings is 1. The van der Waals surface area contributed by atoms with Crippen molar-refractivity contribution in [1.82, 2.24) is 10.2 Å². The number of carbonyl (C=O) groups is 2. The molecule has 7 heteroatoms. The molecule has 2 aliphatic rings. The average molecular weight is 361 g/mol. The molecule has 2 fully saturated rings. The van der Waals surface area contributed by atoms with Gasteiger partial charge in [0.25, 0.3) is 0 Å². The van der Waals surface area contributed by atoms with E-state index in [0.29, 0.717) is 29.8 Å². The molecule has 1 aromatic carbocycles. The summed E-state index contributed by atoms with van der Waals surface area (Å²) in [5.41, 5.74) is 0.704. The SMILES string of the molecule is CNC1CCN(C(=O)C2CC(=O)N(c3cc(OC)cc(OC)c3)C2)CC1. The molecule has 142 valence electrons. The number of nitrogens with zero attached hydrogens (tertiary/aromatic N) is 2. The number of likely N-dealkylation sites (tertiary alicyclic amines) is 1. The van der Waals surface area contributed by atoms with Gasteiger partial charge in [-0.3, -0.25) is 9.59 Å². The molecule has 0 spiro atoms. The monoisotopic (exact) mass is 361 g/mol. The Bertz CT molecular complexity index is 648. The summed E-state index contributed by atoms with van der Waals surface area (Å²) in [4.78, 5) is 28.9. The van der Waals surface area contributed by atoms with Gasteiger partial charge in [0.05, 0.1) is 25.8 Å². The van der Waals surface area contributed by atoms with E-state index in [1.54, 1.807) is 37.3 Å². The number of hydrogen-bond acceptors (Lipinski definition) is 5. The number of hydrogen-bond donors (Lipinski definition) is 1. The maximum absolute atomic E-state index is 12.8. The molecule has 1 N–H and O–H groups in total. The number of rotatable bonds is 5. The molecule has 26 heavy (non-hydrogen) atoms. The molecule has 2 heterocycles. The van der Waals surface area contributed by atoms with E-state index in [1.807, 2.05) is 11.9 Å². The van der Waals surface area contributed by atoms with Gasteiger partial charge in [0.1, 0.15) is 11.5 Å². The minimum Gasteiger partial charge on any atom is -0.497 e. The normalized spacial score (nSPS) is 21.2. The second-order valence-electron chi connectivity index (χ2n) is 6.86. The van der Waals surface area contributed by atoms with Crippen LogP contribution < -0.4 is 19.7 Å². The van der Waals surface area contributed by atoms with Crippen molar-refractivity contribution in [2.24, 2.45) is 5.92 Å². The van der Waals surface area contributed by atoms with E-state index in [2.05, 4.69) is 5.32 Å². The van der Waals surface area contributed by atoms with Crippen molar-refractivity contribution in [2.75, 3.05) is 45.8 Å². The summed E-state index contributed by atoms with van der Waals surface area (Å²) in [7, 11) is 5.11. The van der Waals surface area contributed by atoms with Crippen LogP contribution in [0.1, 0.15) is 19.3 Å². The standard InChI is InChI=1S/C19H27N3O4/c1-20-14-4-6-21(7-5-14)19(24)13-8-18(23)22(12-13)15-9-16(25-2)11-17(10-15)26-3/h9-11,13-14,20H,4-8,12H2,1-3H3. The molecule has 2 saturated heterocycles. The van der Waals surface area contributed by atoms with Crippen molar-refractivity contribution in [3.05, 3.63) is 18.2 Å². The van der Waals surface area contributed by atoms with Crippen LogP contribution in [0.2, 0.25) is 0 Å². The molecule has 1 unspecified atom stereocenters. The summed E-state index contributed by atoms with van der Waals surface area (Å²) in [6, 6.07) is 5.83. The van der Waals surface area contributed by atoms with Crippen LogP contribution in [0, 0.1) is 5.92 Å². The van der Waals surface area contributed by atoms with Crippen molar-refractivity contribution in [3.8, 4) is 11.5 Å².